The van der Waals surface area contributed by atoms with Crippen molar-refractivity contribution in [3.8, 4) is 0 Å². The lowest BCUT2D eigenvalue weighted by molar-refractivity contribution is 0.715. The predicted octanol–water partition coefficient (Wildman–Crippen LogP) is 1.21. The number of fused-ring (bicyclic) bond motifs is 1. The highest BCUT2D eigenvalue weighted by molar-refractivity contribution is 5.54. The zero-order chi connectivity index (χ0) is 7.84. The van der Waals surface area contributed by atoms with Gasteiger partial charge in [-0.25, -0.2) is 0 Å². The van der Waals surface area contributed by atoms with Crippen molar-refractivity contribution in [1.82, 2.24) is 0 Å². The van der Waals surface area contributed by atoms with E-state index in [1.165, 1.54) is 11.1 Å². The molecular formula is C9H12N2. The Morgan fingerprint density at radius 2 is 2.18 bits per heavy atom. The summed E-state index contributed by atoms with van der Waals surface area (Å²) in [5.74, 6) is 0. The lowest BCUT2D eigenvalue weighted by Crippen LogP contribution is -2.07. The van der Waals surface area contributed by atoms with Gasteiger partial charge in [0.1, 0.15) is 0 Å². The molecule has 0 aliphatic heterocycles. The number of nitrogens with two attached hydrogens (primary N) is 2. The highest BCUT2D eigenvalue weighted by Gasteiger charge is 2.20. The summed E-state index contributed by atoms with van der Waals surface area (Å²) < 4.78 is 0. The van der Waals surface area contributed by atoms with Gasteiger partial charge in [-0.3, -0.25) is 0 Å². The average Bonchev–Trinajstić information content (AvgIpc) is 2.34. The van der Waals surface area contributed by atoms with Crippen LogP contribution in [0, 0.1) is 0 Å². The van der Waals surface area contributed by atoms with E-state index in [1.54, 1.807) is 0 Å². The molecule has 1 aliphatic carbocycles. The summed E-state index contributed by atoms with van der Waals surface area (Å²) in [7, 11) is 0. The zero-order valence-corrected chi connectivity index (χ0v) is 6.38. The Labute approximate surface area is 66.2 Å². The topological polar surface area (TPSA) is 52.0 Å². The molecule has 2 rings (SSSR count). The van der Waals surface area contributed by atoms with Crippen LogP contribution < -0.4 is 11.5 Å². The van der Waals surface area contributed by atoms with Crippen LogP contribution in [0.25, 0.3) is 0 Å². The normalized spacial score (nSPS) is 21.7. The molecule has 0 heterocycles. The van der Waals surface area contributed by atoms with Gasteiger partial charge in [-0.2, -0.15) is 0 Å². The molecule has 0 amide bonds. The third kappa shape index (κ3) is 0.906. The zero-order valence-electron chi connectivity index (χ0n) is 6.38. The third-order valence-electron chi connectivity index (χ3n) is 2.33. The first-order chi connectivity index (χ1) is 5.29. The van der Waals surface area contributed by atoms with E-state index in [1.807, 2.05) is 12.1 Å². The molecule has 2 heteroatoms. The Morgan fingerprint density at radius 3 is 2.91 bits per heavy atom. The second kappa shape index (κ2) is 2.24. The smallest absolute Gasteiger partial charge is 0.0365 e. The Bertz CT molecular complexity index is 281. The quantitative estimate of drug-likeness (QED) is 0.543. The first-order valence-corrected chi connectivity index (χ1v) is 3.92. The summed E-state index contributed by atoms with van der Waals surface area (Å²) in [4.78, 5) is 0. The highest BCUT2D eigenvalue weighted by atomic mass is 14.7. The predicted molar refractivity (Wildman–Crippen MR) is 46.1 cm³/mol. The molecular weight excluding hydrogens is 136 g/mol. The molecule has 0 saturated heterocycles. The van der Waals surface area contributed by atoms with Crippen LogP contribution in [0.15, 0.2) is 18.2 Å². The van der Waals surface area contributed by atoms with E-state index in [9.17, 15) is 0 Å². The first kappa shape index (κ1) is 6.68. The van der Waals surface area contributed by atoms with E-state index in [0.29, 0.717) is 0 Å². The van der Waals surface area contributed by atoms with E-state index in [0.717, 1.165) is 18.5 Å². The van der Waals surface area contributed by atoms with Crippen LogP contribution in [0.1, 0.15) is 23.6 Å². The van der Waals surface area contributed by atoms with Gasteiger partial charge in [0.15, 0.2) is 0 Å². The van der Waals surface area contributed by atoms with Gasteiger partial charge in [0.05, 0.1) is 0 Å². The molecule has 0 spiro atoms. The van der Waals surface area contributed by atoms with Crippen molar-refractivity contribution >= 4 is 5.69 Å². The summed E-state index contributed by atoms with van der Waals surface area (Å²) in [6.45, 7) is 0. The van der Waals surface area contributed by atoms with Gasteiger partial charge < -0.3 is 11.5 Å². The fourth-order valence-electron chi connectivity index (χ4n) is 1.76. The molecule has 0 saturated carbocycles. The summed E-state index contributed by atoms with van der Waals surface area (Å²) in [6, 6.07) is 6.20. The Hall–Kier alpha value is -1.02. The standard InChI is InChI=1S/C9H12N2/c10-7-3-1-2-6-4-5-8(11)9(6)7/h1-3,8H,4-5,10-11H2/t8-/m1/s1. The monoisotopic (exact) mass is 148 g/mol. The van der Waals surface area contributed by atoms with Crippen LogP contribution in [0.4, 0.5) is 5.69 Å². The van der Waals surface area contributed by atoms with Gasteiger partial charge in [0, 0.05) is 11.7 Å². The van der Waals surface area contributed by atoms with Crippen molar-refractivity contribution < 1.29 is 0 Å². The van der Waals surface area contributed by atoms with Crippen LogP contribution in [-0.2, 0) is 6.42 Å². The van der Waals surface area contributed by atoms with Gasteiger partial charge in [-0.15, -0.1) is 0 Å². The van der Waals surface area contributed by atoms with Crippen LogP contribution in [0.2, 0.25) is 0 Å². The number of rotatable bonds is 0. The lowest BCUT2D eigenvalue weighted by atomic mass is 10.1. The fraction of sp³-hybridized carbons (Fsp3) is 0.333. The number of hydrogen-bond donors (Lipinski definition) is 2. The van der Waals surface area contributed by atoms with Crippen LogP contribution >= 0.6 is 0 Å². The van der Waals surface area contributed by atoms with Crippen molar-refractivity contribution in [3.05, 3.63) is 29.3 Å². The minimum absolute atomic E-state index is 0.172. The van der Waals surface area contributed by atoms with Gasteiger partial charge in [-0.05, 0) is 30.0 Å². The summed E-state index contributed by atoms with van der Waals surface area (Å²) in [5.41, 5.74) is 15.0. The first-order valence-electron chi connectivity index (χ1n) is 3.92. The number of nitrogen functional groups attached to an aromatic ring is 1. The molecule has 0 bridgehead atoms. The largest absolute Gasteiger partial charge is 0.398 e. The number of benzene rings is 1. The molecule has 4 N–H and O–H groups in total. The van der Waals surface area contributed by atoms with E-state index in [4.69, 9.17) is 11.5 Å². The average molecular weight is 148 g/mol. The van der Waals surface area contributed by atoms with E-state index in [-0.39, 0.29) is 6.04 Å². The molecule has 1 aliphatic rings. The Balaban J connectivity index is 2.58. The molecule has 1 aromatic rings. The molecule has 1 atom stereocenters. The van der Waals surface area contributed by atoms with Gasteiger partial charge in [0.2, 0.25) is 0 Å². The summed E-state index contributed by atoms with van der Waals surface area (Å²) in [5, 5.41) is 0. The SMILES string of the molecule is Nc1cccc2c1[C@H](N)CC2. The molecule has 0 fully saturated rings. The summed E-state index contributed by atoms with van der Waals surface area (Å²) in [6.07, 6.45) is 2.13. The molecule has 0 radical (unpaired) electrons. The maximum absolute atomic E-state index is 5.87. The van der Waals surface area contributed by atoms with Gasteiger partial charge >= 0.3 is 0 Å². The maximum Gasteiger partial charge on any atom is 0.0365 e. The second-order valence-corrected chi connectivity index (χ2v) is 3.07. The van der Waals surface area contributed by atoms with E-state index >= 15 is 0 Å². The van der Waals surface area contributed by atoms with E-state index < -0.39 is 0 Å². The van der Waals surface area contributed by atoms with Gasteiger partial charge in [0.25, 0.3) is 0 Å². The van der Waals surface area contributed by atoms with E-state index in [2.05, 4.69) is 6.07 Å². The molecule has 2 nitrogen and oxygen atoms in total. The minimum atomic E-state index is 0.172. The fourth-order valence-corrected chi connectivity index (χ4v) is 1.76. The van der Waals surface area contributed by atoms with Crippen molar-refractivity contribution in [2.75, 3.05) is 5.73 Å². The molecule has 58 valence electrons. The van der Waals surface area contributed by atoms with Crippen molar-refractivity contribution in [3.63, 3.8) is 0 Å². The van der Waals surface area contributed by atoms with Crippen LogP contribution in [-0.4, -0.2) is 0 Å². The number of hydrogen-bond acceptors (Lipinski definition) is 2. The van der Waals surface area contributed by atoms with Crippen LogP contribution in [0.3, 0.4) is 0 Å². The number of anilines is 1. The lowest BCUT2D eigenvalue weighted by Gasteiger charge is -2.07. The van der Waals surface area contributed by atoms with Crippen molar-refractivity contribution in [2.24, 2.45) is 5.73 Å². The Morgan fingerprint density at radius 1 is 1.36 bits per heavy atom. The van der Waals surface area contributed by atoms with Crippen molar-refractivity contribution in [1.29, 1.82) is 0 Å². The molecule has 0 unspecified atom stereocenters. The number of aryl methyl sites for hydroxylation is 1. The second-order valence-electron chi connectivity index (χ2n) is 3.07. The maximum atomic E-state index is 5.87. The third-order valence-corrected chi connectivity index (χ3v) is 2.33. The Kier molecular flexibility index (Phi) is 1.36. The van der Waals surface area contributed by atoms with Crippen molar-refractivity contribution in [2.45, 2.75) is 18.9 Å². The molecule has 11 heavy (non-hydrogen) atoms. The van der Waals surface area contributed by atoms with Gasteiger partial charge in [-0.1, -0.05) is 12.1 Å². The molecule has 1 aromatic carbocycles. The highest BCUT2D eigenvalue weighted by Crippen LogP contribution is 2.32. The van der Waals surface area contributed by atoms with Crippen LogP contribution in [0.5, 0.6) is 0 Å². The molecule has 0 aromatic heterocycles. The summed E-state index contributed by atoms with van der Waals surface area (Å²) >= 11 is 0. The minimum Gasteiger partial charge on any atom is -0.398 e.